The molecule has 1 heterocycles. The number of hydrogen-bond donors (Lipinski definition) is 2. The third kappa shape index (κ3) is 4.06. The number of nitriles is 1. The smallest absolute Gasteiger partial charge is 0.348 e. The zero-order valence-corrected chi connectivity index (χ0v) is 15.1. The van der Waals surface area contributed by atoms with Gasteiger partial charge in [0.15, 0.2) is 0 Å². The van der Waals surface area contributed by atoms with E-state index < -0.39 is 5.97 Å². The second kappa shape index (κ2) is 8.15. The number of ether oxygens (including phenoxy) is 1. The molecule has 1 aromatic heterocycles. The van der Waals surface area contributed by atoms with Crippen LogP contribution in [-0.4, -0.2) is 12.6 Å². The Kier molecular flexibility index (Phi) is 6.21. The van der Waals surface area contributed by atoms with Crippen LogP contribution >= 0.6 is 22.9 Å². The van der Waals surface area contributed by atoms with Crippen LogP contribution in [0.4, 0.5) is 5.00 Å². The van der Waals surface area contributed by atoms with Crippen molar-refractivity contribution in [2.45, 2.75) is 26.4 Å². The largest absolute Gasteiger partial charge is 0.462 e. The summed E-state index contributed by atoms with van der Waals surface area (Å²) in [5.74, 6) is -0.432. The van der Waals surface area contributed by atoms with Crippen LogP contribution in [0.1, 0.15) is 46.3 Å². The van der Waals surface area contributed by atoms with Gasteiger partial charge in [0.2, 0.25) is 0 Å². The van der Waals surface area contributed by atoms with Gasteiger partial charge in [-0.3, -0.25) is 0 Å². The number of nitrogen functional groups attached to an aromatic ring is 1. The lowest BCUT2D eigenvalue weighted by Gasteiger charge is -2.12. The summed E-state index contributed by atoms with van der Waals surface area (Å²) in [7, 11) is 0. The van der Waals surface area contributed by atoms with Crippen molar-refractivity contribution < 1.29 is 14.8 Å². The van der Waals surface area contributed by atoms with Gasteiger partial charge in [-0.15, -0.1) is 11.3 Å². The summed E-state index contributed by atoms with van der Waals surface area (Å²) in [6.45, 7) is 4.54. The first-order valence-electron chi connectivity index (χ1n) is 7.55. The normalized spacial score (nSPS) is 11.8. The first-order chi connectivity index (χ1) is 11.5. The van der Waals surface area contributed by atoms with E-state index in [9.17, 15) is 10.1 Å². The van der Waals surface area contributed by atoms with E-state index in [1.165, 1.54) is 0 Å². The van der Waals surface area contributed by atoms with E-state index >= 15 is 0 Å². The summed E-state index contributed by atoms with van der Waals surface area (Å²) in [5.41, 5.74) is 7.99. The van der Waals surface area contributed by atoms with Crippen molar-refractivity contribution in [1.82, 2.24) is 0 Å². The van der Waals surface area contributed by atoms with Gasteiger partial charge in [-0.25, -0.2) is 4.79 Å². The highest BCUT2D eigenvalue weighted by Crippen LogP contribution is 2.30. The fourth-order valence-electron chi connectivity index (χ4n) is 2.36. The summed E-state index contributed by atoms with van der Waals surface area (Å²) in [5, 5.41) is 12.4. The number of thiophene rings is 1. The van der Waals surface area contributed by atoms with Crippen LogP contribution in [0.2, 0.25) is 5.02 Å². The molecular formula is C17H19ClN3O2S+. The SMILES string of the molecule is CCOC(=O)c1sc(N)c(C#N)c1C[NH2+][C@H](C)c1ccc(Cl)cc1. The number of hydrogen-bond acceptors (Lipinski definition) is 5. The molecule has 2 aromatic rings. The number of anilines is 1. The lowest BCUT2D eigenvalue weighted by atomic mass is 10.1. The zero-order chi connectivity index (χ0) is 17.7. The standard InChI is InChI=1S/C17H18ClN3O2S/c1-3-23-17(22)15-14(13(8-19)16(20)24-15)9-21-10(2)11-4-6-12(18)7-5-11/h4-7,10,21H,3,9,20H2,1-2H3/p+1/t10-/m1/s1. The number of rotatable bonds is 6. The van der Waals surface area contributed by atoms with Crippen molar-refractivity contribution >= 4 is 33.9 Å². The highest BCUT2D eigenvalue weighted by Gasteiger charge is 2.24. The molecule has 126 valence electrons. The molecule has 0 aliphatic rings. The van der Waals surface area contributed by atoms with Gasteiger partial charge in [0.05, 0.1) is 17.7 Å². The van der Waals surface area contributed by atoms with Crippen molar-refractivity contribution in [1.29, 1.82) is 5.26 Å². The van der Waals surface area contributed by atoms with Crippen molar-refractivity contribution in [3.8, 4) is 6.07 Å². The summed E-state index contributed by atoms with van der Waals surface area (Å²) in [6.07, 6.45) is 0. The Morgan fingerprint density at radius 3 is 2.71 bits per heavy atom. The topological polar surface area (TPSA) is 92.7 Å². The Balaban J connectivity index is 2.20. The van der Waals surface area contributed by atoms with Crippen LogP contribution in [0.3, 0.4) is 0 Å². The Morgan fingerprint density at radius 2 is 2.12 bits per heavy atom. The van der Waals surface area contributed by atoms with Crippen LogP contribution in [0, 0.1) is 11.3 Å². The van der Waals surface area contributed by atoms with Crippen molar-refractivity contribution in [3.63, 3.8) is 0 Å². The van der Waals surface area contributed by atoms with Gasteiger partial charge in [-0.1, -0.05) is 23.7 Å². The van der Waals surface area contributed by atoms with Gasteiger partial charge in [0, 0.05) is 10.6 Å². The second-order valence-corrected chi connectivity index (χ2v) is 6.75. The van der Waals surface area contributed by atoms with Crippen LogP contribution < -0.4 is 11.1 Å². The minimum Gasteiger partial charge on any atom is -0.462 e. The molecule has 0 saturated carbocycles. The number of esters is 1. The van der Waals surface area contributed by atoms with Gasteiger partial charge in [-0.2, -0.15) is 5.26 Å². The summed E-state index contributed by atoms with van der Waals surface area (Å²) in [6, 6.07) is 9.84. The lowest BCUT2D eigenvalue weighted by molar-refractivity contribution is -0.707. The van der Waals surface area contributed by atoms with Crippen molar-refractivity contribution in [2.75, 3.05) is 12.3 Å². The number of carbonyl (C=O) groups excluding carboxylic acids is 1. The Bertz CT molecular complexity index is 765. The van der Waals surface area contributed by atoms with Gasteiger partial charge < -0.3 is 15.8 Å². The van der Waals surface area contributed by atoms with E-state index in [-0.39, 0.29) is 12.6 Å². The molecule has 0 aliphatic heterocycles. The molecule has 24 heavy (non-hydrogen) atoms. The zero-order valence-electron chi connectivity index (χ0n) is 13.5. The van der Waals surface area contributed by atoms with E-state index in [4.69, 9.17) is 22.1 Å². The molecular weight excluding hydrogens is 346 g/mol. The maximum Gasteiger partial charge on any atom is 0.348 e. The van der Waals surface area contributed by atoms with Gasteiger partial charge in [0.25, 0.3) is 0 Å². The third-order valence-corrected chi connectivity index (χ3v) is 4.97. The molecule has 0 saturated heterocycles. The molecule has 0 spiro atoms. The minimum atomic E-state index is -0.432. The first kappa shape index (κ1) is 18.3. The molecule has 5 nitrogen and oxygen atoms in total. The average molecular weight is 365 g/mol. The number of nitrogens with two attached hydrogens (primary N) is 2. The fourth-order valence-corrected chi connectivity index (χ4v) is 3.43. The van der Waals surface area contributed by atoms with Crippen molar-refractivity contribution in [2.24, 2.45) is 0 Å². The molecule has 1 atom stereocenters. The third-order valence-electron chi connectivity index (χ3n) is 3.68. The monoisotopic (exact) mass is 364 g/mol. The van der Waals surface area contributed by atoms with Gasteiger partial charge >= 0.3 is 5.97 Å². The maximum absolute atomic E-state index is 12.1. The number of benzene rings is 1. The van der Waals surface area contributed by atoms with Crippen LogP contribution in [0.15, 0.2) is 24.3 Å². The minimum absolute atomic E-state index is 0.143. The highest BCUT2D eigenvalue weighted by molar-refractivity contribution is 7.18. The summed E-state index contributed by atoms with van der Waals surface area (Å²) in [4.78, 5) is 12.5. The van der Waals surface area contributed by atoms with Crippen LogP contribution in [0.5, 0.6) is 0 Å². The molecule has 1 aromatic carbocycles. The molecule has 0 unspecified atom stereocenters. The fraction of sp³-hybridized carbons (Fsp3) is 0.294. The molecule has 7 heteroatoms. The van der Waals surface area contributed by atoms with E-state index in [1.807, 2.05) is 29.6 Å². The number of nitrogens with zero attached hydrogens (tertiary/aromatic N) is 1. The van der Waals surface area contributed by atoms with E-state index in [0.717, 1.165) is 16.9 Å². The van der Waals surface area contributed by atoms with Crippen LogP contribution in [0.25, 0.3) is 0 Å². The maximum atomic E-state index is 12.1. The highest BCUT2D eigenvalue weighted by atomic mass is 35.5. The average Bonchev–Trinajstić information content (AvgIpc) is 2.89. The Morgan fingerprint density at radius 1 is 1.46 bits per heavy atom. The molecule has 0 amide bonds. The molecule has 0 aliphatic carbocycles. The number of halogens is 1. The summed E-state index contributed by atoms with van der Waals surface area (Å²) < 4.78 is 5.06. The van der Waals surface area contributed by atoms with Crippen LogP contribution in [-0.2, 0) is 11.3 Å². The molecule has 2 rings (SSSR count). The van der Waals surface area contributed by atoms with Gasteiger partial charge in [-0.05, 0) is 26.0 Å². The molecule has 0 bridgehead atoms. The van der Waals surface area contributed by atoms with E-state index in [0.29, 0.717) is 32.6 Å². The Labute approximate surface area is 150 Å². The number of quaternary nitrogens is 1. The van der Waals surface area contributed by atoms with E-state index in [2.05, 4.69) is 13.0 Å². The Hall–Kier alpha value is -2.07. The molecule has 0 radical (unpaired) electrons. The molecule has 0 fully saturated rings. The van der Waals surface area contributed by atoms with Gasteiger partial charge in [0.1, 0.15) is 28.5 Å². The lowest BCUT2D eigenvalue weighted by Crippen LogP contribution is -2.83. The van der Waals surface area contributed by atoms with Crippen molar-refractivity contribution in [3.05, 3.63) is 50.9 Å². The summed E-state index contributed by atoms with van der Waals surface area (Å²) >= 11 is 7.01. The predicted molar refractivity (Wildman–Crippen MR) is 94.9 cm³/mol. The first-order valence-corrected chi connectivity index (χ1v) is 8.74. The quantitative estimate of drug-likeness (QED) is 0.771. The number of carbonyl (C=O) groups is 1. The second-order valence-electron chi connectivity index (χ2n) is 5.26. The predicted octanol–water partition coefficient (Wildman–Crippen LogP) is 2.86. The van der Waals surface area contributed by atoms with E-state index in [1.54, 1.807) is 6.92 Å². The molecule has 4 N–H and O–H groups in total.